The van der Waals surface area contributed by atoms with Crippen molar-refractivity contribution in [2.75, 3.05) is 27.2 Å². The van der Waals surface area contributed by atoms with Gasteiger partial charge < -0.3 is 15.5 Å². The minimum Gasteiger partial charge on any atom is -0.356 e. The van der Waals surface area contributed by atoms with Crippen molar-refractivity contribution in [3.63, 3.8) is 0 Å². The van der Waals surface area contributed by atoms with Crippen LogP contribution in [-0.4, -0.2) is 44.0 Å². The van der Waals surface area contributed by atoms with Crippen molar-refractivity contribution < 1.29 is 18.0 Å². The summed E-state index contributed by atoms with van der Waals surface area (Å²) in [5.74, 6) is 0.574. The van der Waals surface area contributed by atoms with E-state index >= 15 is 0 Å². The van der Waals surface area contributed by atoms with Gasteiger partial charge in [0.2, 0.25) is 5.91 Å². The maximum absolute atomic E-state index is 12.9. The fourth-order valence-electron chi connectivity index (χ4n) is 2.62. The largest absolute Gasteiger partial charge is 0.416 e. The number of carbonyl (C=O) groups is 1. The van der Waals surface area contributed by atoms with Crippen molar-refractivity contribution >= 4 is 47.2 Å². The molecule has 0 aliphatic rings. The van der Waals surface area contributed by atoms with Crippen molar-refractivity contribution in [1.29, 1.82) is 0 Å². The van der Waals surface area contributed by atoms with Crippen molar-refractivity contribution in [3.8, 4) is 0 Å². The van der Waals surface area contributed by atoms with E-state index in [2.05, 4.69) is 28.6 Å². The molecule has 0 aliphatic heterocycles. The molecule has 0 spiro atoms. The molecule has 1 atom stereocenters. The lowest BCUT2D eigenvalue weighted by molar-refractivity contribution is -0.137. The lowest BCUT2D eigenvalue weighted by Crippen LogP contribution is -2.44. The van der Waals surface area contributed by atoms with Crippen molar-refractivity contribution in [3.05, 3.63) is 57.8 Å². The van der Waals surface area contributed by atoms with Crippen LogP contribution in [0.1, 0.15) is 22.9 Å². The lowest BCUT2D eigenvalue weighted by atomic mass is 10.1. The van der Waals surface area contributed by atoms with Gasteiger partial charge in [0.1, 0.15) is 0 Å². The standard InChI is InChI=1S/C21H27F3N4OS.HI/c1-15(10-18-8-5-9-30-18)12-25-20(27-14-19(29)28(2)3)26-13-16-6-4-7-17(11-16)21(22,23)24;/h4-9,11,15H,10,12-14H2,1-3H3,(H2,25,26,27);1H. The molecule has 2 rings (SSSR count). The number of nitrogens with zero attached hydrogens (tertiary/aromatic N) is 2. The highest BCUT2D eigenvalue weighted by Gasteiger charge is 2.30. The number of halogens is 4. The zero-order chi connectivity index (χ0) is 22.1. The first-order valence-corrected chi connectivity index (χ1v) is 10.4. The second-order valence-corrected chi connectivity index (χ2v) is 8.31. The summed E-state index contributed by atoms with van der Waals surface area (Å²) < 4.78 is 38.7. The molecule has 31 heavy (non-hydrogen) atoms. The zero-order valence-electron chi connectivity index (χ0n) is 17.7. The monoisotopic (exact) mass is 568 g/mol. The fourth-order valence-corrected chi connectivity index (χ4v) is 3.49. The van der Waals surface area contributed by atoms with Crippen LogP contribution in [0.2, 0.25) is 0 Å². The molecule has 1 aromatic heterocycles. The molecule has 172 valence electrons. The number of benzene rings is 1. The van der Waals surface area contributed by atoms with Crippen LogP contribution in [-0.2, 0) is 23.9 Å². The Balaban J connectivity index is 0.00000480. The lowest BCUT2D eigenvalue weighted by Gasteiger charge is -2.17. The van der Waals surface area contributed by atoms with Crippen LogP contribution in [0, 0.1) is 5.92 Å². The third kappa shape index (κ3) is 9.90. The number of amides is 1. The number of guanidine groups is 1. The quantitative estimate of drug-likeness (QED) is 0.282. The Morgan fingerprint density at radius 3 is 2.55 bits per heavy atom. The number of likely N-dealkylation sites (N-methyl/N-ethyl adjacent to an activating group) is 1. The summed E-state index contributed by atoms with van der Waals surface area (Å²) in [6.45, 7) is 2.82. The SMILES string of the molecule is CC(CNC(=NCc1cccc(C(F)(F)F)c1)NCC(=O)N(C)C)Cc1cccs1.I. The second-order valence-electron chi connectivity index (χ2n) is 7.27. The third-order valence-electron chi connectivity index (χ3n) is 4.33. The Morgan fingerprint density at radius 1 is 1.19 bits per heavy atom. The molecule has 1 heterocycles. The Hall–Kier alpha value is -1.82. The van der Waals surface area contributed by atoms with E-state index in [1.54, 1.807) is 31.5 Å². The van der Waals surface area contributed by atoms with Gasteiger partial charge in [-0.15, -0.1) is 35.3 Å². The van der Waals surface area contributed by atoms with E-state index in [4.69, 9.17) is 0 Å². The molecule has 0 saturated carbocycles. The van der Waals surface area contributed by atoms with Gasteiger partial charge in [-0.3, -0.25) is 4.79 Å². The Morgan fingerprint density at radius 2 is 1.94 bits per heavy atom. The Kier molecular flexibility index (Phi) is 11.3. The van der Waals surface area contributed by atoms with Gasteiger partial charge in [-0.1, -0.05) is 25.1 Å². The second kappa shape index (κ2) is 12.9. The van der Waals surface area contributed by atoms with Gasteiger partial charge in [-0.05, 0) is 41.5 Å². The van der Waals surface area contributed by atoms with Gasteiger partial charge in [-0.25, -0.2) is 4.99 Å². The fraction of sp³-hybridized carbons (Fsp3) is 0.429. The summed E-state index contributed by atoms with van der Waals surface area (Å²) >= 11 is 1.70. The first kappa shape index (κ1) is 27.2. The molecule has 2 aromatic rings. The van der Waals surface area contributed by atoms with Crippen molar-refractivity contribution in [1.82, 2.24) is 15.5 Å². The highest BCUT2D eigenvalue weighted by Crippen LogP contribution is 2.29. The molecule has 0 aliphatic carbocycles. The van der Waals surface area contributed by atoms with Crippen LogP contribution < -0.4 is 10.6 Å². The van der Waals surface area contributed by atoms with E-state index < -0.39 is 11.7 Å². The van der Waals surface area contributed by atoms with Crippen LogP contribution in [0.4, 0.5) is 13.2 Å². The number of alkyl halides is 3. The van der Waals surface area contributed by atoms with Crippen molar-refractivity contribution in [2.45, 2.75) is 26.1 Å². The van der Waals surface area contributed by atoms with Gasteiger partial charge in [0, 0.05) is 25.5 Å². The number of hydrogen-bond acceptors (Lipinski definition) is 3. The number of carbonyl (C=O) groups excluding carboxylic acids is 1. The molecule has 0 bridgehead atoms. The van der Waals surface area contributed by atoms with E-state index in [-0.39, 0.29) is 43.0 Å². The summed E-state index contributed by atoms with van der Waals surface area (Å²) in [6.07, 6.45) is -3.49. The molecular formula is C21H28F3IN4OS. The summed E-state index contributed by atoms with van der Waals surface area (Å²) in [5, 5.41) is 8.18. The maximum Gasteiger partial charge on any atom is 0.416 e. The number of thiophene rings is 1. The normalized spacial score (nSPS) is 12.6. The molecule has 2 N–H and O–H groups in total. The summed E-state index contributed by atoms with van der Waals surface area (Å²) in [7, 11) is 3.31. The Labute approximate surface area is 202 Å². The third-order valence-corrected chi connectivity index (χ3v) is 5.23. The minimum atomic E-state index is -4.39. The van der Waals surface area contributed by atoms with Crippen LogP contribution in [0.15, 0.2) is 46.8 Å². The number of nitrogens with one attached hydrogen (secondary N) is 2. The van der Waals surface area contributed by atoms with E-state index in [9.17, 15) is 18.0 Å². The van der Waals surface area contributed by atoms with Crippen LogP contribution in [0.3, 0.4) is 0 Å². The molecular weight excluding hydrogens is 540 g/mol. The average Bonchev–Trinajstić information content (AvgIpc) is 3.19. The predicted molar refractivity (Wildman–Crippen MR) is 130 cm³/mol. The van der Waals surface area contributed by atoms with Gasteiger partial charge in [0.25, 0.3) is 0 Å². The predicted octanol–water partition coefficient (Wildman–Crippen LogP) is 4.39. The van der Waals surface area contributed by atoms with E-state index in [0.29, 0.717) is 24.0 Å². The molecule has 0 radical (unpaired) electrons. The number of hydrogen-bond donors (Lipinski definition) is 2. The van der Waals surface area contributed by atoms with Gasteiger partial charge in [0.05, 0.1) is 18.7 Å². The maximum atomic E-state index is 12.9. The molecule has 0 saturated heterocycles. The van der Waals surface area contributed by atoms with E-state index in [1.807, 2.05) is 11.4 Å². The van der Waals surface area contributed by atoms with Gasteiger partial charge >= 0.3 is 6.18 Å². The van der Waals surface area contributed by atoms with Gasteiger partial charge in [0.15, 0.2) is 5.96 Å². The molecule has 1 amide bonds. The highest BCUT2D eigenvalue weighted by atomic mass is 127. The number of rotatable bonds is 8. The average molecular weight is 568 g/mol. The summed E-state index contributed by atoms with van der Waals surface area (Å²) in [6, 6.07) is 9.18. The van der Waals surface area contributed by atoms with Crippen LogP contribution >= 0.6 is 35.3 Å². The van der Waals surface area contributed by atoms with E-state index in [0.717, 1.165) is 18.6 Å². The molecule has 0 fully saturated rings. The van der Waals surface area contributed by atoms with Gasteiger partial charge in [-0.2, -0.15) is 13.2 Å². The first-order chi connectivity index (χ1) is 14.1. The van der Waals surface area contributed by atoms with E-state index in [1.165, 1.54) is 15.8 Å². The van der Waals surface area contributed by atoms with Crippen molar-refractivity contribution in [2.24, 2.45) is 10.9 Å². The molecule has 1 unspecified atom stereocenters. The number of aliphatic imine (C=N–C) groups is 1. The molecule has 5 nitrogen and oxygen atoms in total. The first-order valence-electron chi connectivity index (χ1n) is 9.56. The minimum absolute atomic E-state index is 0. The molecule has 1 aromatic carbocycles. The summed E-state index contributed by atoms with van der Waals surface area (Å²) in [4.78, 5) is 19.0. The molecule has 10 heteroatoms. The topological polar surface area (TPSA) is 56.7 Å². The zero-order valence-corrected chi connectivity index (χ0v) is 20.8. The highest BCUT2D eigenvalue weighted by molar-refractivity contribution is 14.0. The Bertz CT molecular complexity index is 841. The smallest absolute Gasteiger partial charge is 0.356 e. The summed E-state index contributed by atoms with van der Waals surface area (Å²) in [5.41, 5.74) is -0.262. The van der Waals surface area contributed by atoms with Crippen LogP contribution in [0.25, 0.3) is 0 Å². The van der Waals surface area contributed by atoms with Crippen LogP contribution in [0.5, 0.6) is 0 Å².